The summed E-state index contributed by atoms with van der Waals surface area (Å²) in [7, 11) is 0. The average molecular weight is 721 g/mol. The van der Waals surface area contributed by atoms with E-state index < -0.39 is 39.6 Å². The minimum atomic E-state index is -1.28. The molecule has 3 saturated carbocycles. The largest absolute Gasteiger partial charge is 0.393 e. The van der Waals surface area contributed by atoms with Gasteiger partial charge in [0, 0.05) is 33.9 Å². The van der Waals surface area contributed by atoms with E-state index in [0.717, 1.165) is 36.1 Å². The molecule has 9 atom stereocenters. The molecule has 0 saturated heterocycles. The molecule has 3 fully saturated rings. The van der Waals surface area contributed by atoms with Crippen molar-refractivity contribution in [2.24, 2.45) is 33.5 Å². The van der Waals surface area contributed by atoms with Gasteiger partial charge in [-0.25, -0.2) is 13.6 Å². The zero-order valence-electron chi connectivity index (χ0n) is 30.8. The highest BCUT2D eigenvalue weighted by Gasteiger charge is 2.74. The van der Waals surface area contributed by atoms with Crippen molar-refractivity contribution in [1.82, 2.24) is 10.2 Å². The first-order chi connectivity index (χ1) is 25.3. The third kappa shape index (κ3) is 5.37. The Hall–Kier alpha value is -4.14. The summed E-state index contributed by atoms with van der Waals surface area (Å²) < 4.78 is 28.7. The zero-order valence-corrected chi connectivity index (χ0v) is 30.8. The third-order valence-corrected chi connectivity index (χ3v) is 14.7. The number of benzene rings is 3. The summed E-state index contributed by atoms with van der Waals surface area (Å²) >= 11 is 0. The zero-order chi connectivity index (χ0) is 37.4. The van der Waals surface area contributed by atoms with Crippen molar-refractivity contribution < 1.29 is 28.6 Å². The number of aliphatic hydroxyl groups is 2. The summed E-state index contributed by atoms with van der Waals surface area (Å²) in [5, 5.41) is 27.2. The van der Waals surface area contributed by atoms with E-state index in [2.05, 4.69) is 37.4 Å². The Morgan fingerprint density at radius 3 is 2.25 bits per heavy atom. The number of aliphatic hydroxyl groups excluding tert-OH is 1. The Bertz CT molecular complexity index is 1990. The van der Waals surface area contributed by atoms with E-state index in [0.29, 0.717) is 44.2 Å². The third-order valence-electron chi connectivity index (χ3n) is 14.7. The number of Topliss-reactive ketones (excluding diaryl/α,β-unsaturated/α-hetero) is 1. The Labute approximate surface area is 311 Å². The summed E-state index contributed by atoms with van der Waals surface area (Å²) in [5.74, 6) is -2.54. The number of amides is 2. The van der Waals surface area contributed by atoms with Crippen molar-refractivity contribution in [2.45, 2.75) is 90.0 Å². The fraction of sp³-hybridized carbons (Fsp3) is 0.467. The van der Waals surface area contributed by atoms with Gasteiger partial charge in [0.15, 0.2) is 17.4 Å². The maximum Gasteiger partial charge on any atom is 0.318 e. The lowest BCUT2D eigenvalue weighted by Gasteiger charge is -2.71. The standard InChI is InChI=1S/C45H50F2N2O4/c1-29(31-12-8-5-9-13-31)48-40(52)49(27-30-10-6-4-7-11-30)28-44(53)21-18-38-42(44,3)20-17-37-41(2)19-16-33(50)25-43(41)22-23-45(37,38)34(26-43)39(51)32-14-15-35(46)36(47)24-32/h4-15,22-24,26,29,33,37-38,50,53H,16-21,25,27-28H2,1-3H3,(H,48,52). The molecule has 0 radical (unpaired) electrons. The van der Waals surface area contributed by atoms with Gasteiger partial charge >= 0.3 is 6.03 Å². The number of urea groups is 1. The number of nitrogens with zero attached hydrogens (tertiary/aromatic N) is 1. The summed E-state index contributed by atoms with van der Waals surface area (Å²) in [4.78, 5) is 30.7. The van der Waals surface area contributed by atoms with Crippen LogP contribution in [0, 0.1) is 45.1 Å². The molecule has 6 nitrogen and oxygen atoms in total. The van der Waals surface area contributed by atoms with Gasteiger partial charge in [-0.1, -0.05) is 92.7 Å². The maximum atomic E-state index is 14.7. The molecule has 3 N–H and O–H groups in total. The monoisotopic (exact) mass is 720 g/mol. The number of ketones is 1. The molecular formula is C45H50F2N2O4. The van der Waals surface area contributed by atoms with Crippen LogP contribution in [0.3, 0.4) is 0 Å². The predicted molar refractivity (Wildman–Crippen MR) is 199 cm³/mol. The summed E-state index contributed by atoms with van der Waals surface area (Å²) in [6.07, 6.45) is 10.5. The molecule has 8 heteroatoms. The highest BCUT2D eigenvalue weighted by Crippen LogP contribution is 2.78. The van der Waals surface area contributed by atoms with Gasteiger partial charge in [0.1, 0.15) is 0 Å². The van der Waals surface area contributed by atoms with Crippen LogP contribution < -0.4 is 5.32 Å². The lowest BCUT2D eigenvalue weighted by atomic mass is 9.32. The number of hydrogen-bond acceptors (Lipinski definition) is 4. The molecule has 2 amide bonds. The Balaban J connectivity index is 1.18. The highest BCUT2D eigenvalue weighted by molar-refractivity contribution is 6.10. The van der Waals surface area contributed by atoms with Crippen LogP contribution in [0.25, 0.3) is 0 Å². The minimum Gasteiger partial charge on any atom is -0.393 e. The van der Waals surface area contributed by atoms with E-state index in [-0.39, 0.29) is 47.2 Å². The smallest absolute Gasteiger partial charge is 0.318 e. The molecule has 3 aromatic carbocycles. The van der Waals surface area contributed by atoms with E-state index in [4.69, 9.17) is 0 Å². The van der Waals surface area contributed by atoms with Gasteiger partial charge < -0.3 is 20.4 Å². The SMILES string of the molecule is CC(NC(=O)N(Cc1ccccc1)CC1(O)CCC2C34C=CC5(C=C3C(=O)c3ccc(F)c(F)c3)CC(O)CCC5(C)C4CCC21C)c1ccccc1. The van der Waals surface area contributed by atoms with Gasteiger partial charge in [-0.05, 0) is 98.4 Å². The van der Waals surface area contributed by atoms with Crippen molar-refractivity contribution >= 4 is 11.8 Å². The molecule has 0 aliphatic heterocycles. The molecule has 9 rings (SSSR count). The quantitative estimate of drug-likeness (QED) is 0.161. The molecule has 2 bridgehead atoms. The van der Waals surface area contributed by atoms with Crippen LogP contribution in [0.2, 0.25) is 0 Å². The Morgan fingerprint density at radius 2 is 1.53 bits per heavy atom. The van der Waals surface area contributed by atoms with Gasteiger partial charge in [0.05, 0.1) is 24.3 Å². The molecule has 0 aromatic heterocycles. The van der Waals surface area contributed by atoms with Crippen LogP contribution in [0.15, 0.2) is 103 Å². The van der Waals surface area contributed by atoms with Gasteiger partial charge in [0.25, 0.3) is 0 Å². The molecule has 53 heavy (non-hydrogen) atoms. The summed E-state index contributed by atoms with van der Waals surface area (Å²) in [6, 6.07) is 22.4. The van der Waals surface area contributed by atoms with Crippen molar-refractivity contribution in [3.63, 3.8) is 0 Å². The number of carbonyl (C=O) groups excluding carboxylic acids is 2. The minimum absolute atomic E-state index is 0.0395. The van der Waals surface area contributed by atoms with Crippen LogP contribution >= 0.6 is 0 Å². The number of nitrogens with one attached hydrogen (secondary N) is 1. The average Bonchev–Trinajstić information content (AvgIpc) is 3.42. The van der Waals surface area contributed by atoms with E-state index in [1.54, 1.807) is 4.90 Å². The second-order valence-corrected chi connectivity index (χ2v) is 17.2. The molecule has 2 spiro atoms. The van der Waals surface area contributed by atoms with Crippen molar-refractivity contribution in [3.8, 4) is 0 Å². The van der Waals surface area contributed by atoms with Crippen LogP contribution in [0.1, 0.15) is 93.2 Å². The van der Waals surface area contributed by atoms with Gasteiger partial charge in [-0.3, -0.25) is 4.79 Å². The molecule has 6 aliphatic rings. The van der Waals surface area contributed by atoms with Crippen molar-refractivity contribution in [1.29, 1.82) is 0 Å². The molecule has 9 unspecified atom stereocenters. The lowest BCUT2D eigenvalue weighted by molar-refractivity contribution is -0.174. The number of carbonyl (C=O) groups is 2. The predicted octanol–water partition coefficient (Wildman–Crippen LogP) is 8.71. The first kappa shape index (κ1) is 35.9. The fourth-order valence-corrected chi connectivity index (χ4v) is 11.8. The van der Waals surface area contributed by atoms with Gasteiger partial charge in [0.2, 0.25) is 0 Å². The van der Waals surface area contributed by atoms with Crippen LogP contribution in [-0.2, 0) is 6.54 Å². The van der Waals surface area contributed by atoms with Crippen LogP contribution in [-0.4, -0.2) is 45.2 Å². The summed E-state index contributed by atoms with van der Waals surface area (Å²) in [5.41, 5.74) is -0.938. The molecular weight excluding hydrogens is 671 g/mol. The number of halogens is 2. The van der Waals surface area contributed by atoms with Crippen LogP contribution in [0.4, 0.5) is 13.6 Å². The first-order valence-corrected chi connectivity index (χ1v) is 19.2. The lowest BCUT2D eigenvalue weighted by Crippen LogP contribution is -2.67. The Morgan fingerprint density at radius 1 is 0.868 bits per heavy atom. The molecule has 6 aliphatic carbocycles. The van der Waals surface area contributed by atoms with E-state index in [1.807, 2.05) is 67.6 Å². The number of rotatable bonds is 8. The van der Waals surface area contributed by atoms with Crippen molar-refractivity contribution in [2.75, 3.05) is 6.54 Å². The Kier molecular flexibility index (Phi) is 8.61. The maximum absolute atomic E-state index is 14.7. The summed E-state index contributed by atoms with van der Waals surface area (Å²) in [6.45, 7) is 6.82. The number of fused-ring (bicyclic) bond motifs is 1. The molecule has 0 heterocycles. The number of allylic oxidation sites excluding steroid dienone is 4. The van der Waals surface area contributed by atoms with Crippen LogP contribution in [0.5, 0.6) is 0 Å². The highest BCUT2D eigenvalue weighted by atomic mass is 19.2. The number of hydrogen-bond donors (Lipinski definition) is 3. The molecule has 278 valence electrons. The molecule has 3 aromatic rings. The van der Waals surface area contributed by atoms with E-state index in [9.17, 15) is 28.6 Å². The van der Waals surface area contributed by atoms with Gasteiger partial charge in [-0.2, -0.15) is 0 Å². The van der Waals surface area contributed by atoms with Crippen molar-refractivity contribution in [3.05, 3.63) is 131 Å². The second kappa shape index (κ2) is 12.7. The second-order valence-electron chi connectivity index (χ2n) is 17.2. The van der Waals surface area contributed by atoms with Gasteiger partial charge in [-0.15, -0.1) is 0 Å². The van der Waals surface area contributed by atoms with E-state index in [1.165, 1.54) is 6.07 Å². The normalized spacial score (nSPS) is 35.8. The first-order valence-electron chi connectivity index (χ1n) is 19.2. The fourth-order valence-electron chi connectivity index (χ4n) is 11.8. The topological polar surface area (TPSA) is 89.9 Å². The van der Waals surface area contributed by atoms with E-state index >= 15 is 0 Å².